The molecule has 0 spiro atoms. The van der Waals surface area contributed by atoms with Gasteiger partial charge in [-0.3, -0.25) is 19.2 Å². The topological polar surface area (TPSA) is 208 Å². The molecule has 12 nitrogen and oxygen atoms in total. The summed E-state index contributed by atoms with van der Waals surface area (Å²) in [5.74, 6) is -5.23. The standard InChI is InChI=1S/C31H34N4O8/c32-23(15-21-11-13-22(36)14-12-21)28(39)33-24(16-19-7-3-1-4-8-19)29(40)34-25(18-27(37)38)30(41)35-26(31(42)43)17-20-9-5-2-6-10-20/h1-14,23-26,36H,15-18,32H2,(H,33,39)(H,34,40)(H,35,41)(H,37,38)(H,42,43). The van der Waals surface area contributed by atoms with Gasteiger partial charge in [-0.05, 0) is 35.2 Å². The number of amides is 3. The van der Waals surface area contributed by atoms with Crippen molar-refractivity contribution in [3.63, 3.8) is 0 Å². The highest BCUT2D eigenvalue weighted by Crippen LogP contribution is 2.12. The first-order valence-corrected chi connectivity index (χ1v) is 13.5. The third kappa shape index (κ3) is 10.6. The van der Waals surface area contributed by atoms with Crippen molar-refractivity contribution in [1.82, 2.24) is 16.0 Å². The summed E-state index contributed by atoms with van der Waals surface area (Å²) in [5.41, 5.74) is 8.06. The summed E-state index contributed by atoms with van der Waals surface area (Å²) in [5, 5.41) is 35.8. The lowest BCUT2D eigenvalue weighted by Crippen LogP contribution is -2.58. The fraction of sp³-hybridized carbons (Fsp3) is 0.258. The number of benzene rings is 3. The maximum absolute atomic E-state index is 13.4. The average molecular weight is 591 g/mol. The Morgan fingerprint density at radius 2 is 1.02 bits per heavy atom. The minimum absolute atomic E-state index is 0.00247. The number of rotatable bonds is 15. The Kier molecular flexibility index (Phi) is 11.8. The Labute approximate surface area is 247 Å². The van der Waals surface area contributed by atoms with Crippen LogP contribution in [0.15, 0.2) is 84.9 Å². The second kappa shape index (κ2) is 15.7. The second-order valence-corrected chi connectivity index (χ2v) is 9.98. The van der Waals surface area contributed by atoms with Crippen molar-refractivity contribution in [2.24, 2.45) is 5.73 Å². The van der Waals surface area contributed by atoms with Gasteiger partial charge in [-0.15, -0.1) is 0 Å². The number of carbonyl (C=O) groups is 5. The predicted octanol–water partition coefficient (Wildman–Crippen LogP) is 0.761. The van der Waals surface area contributed by atoms with Crippen molar-refractivity contribution in [2.75, 3.05) is 0 Å². The van der Waals surface area contributed by atoms with Gasteiger partial charge in [0.15, 0.2) is 0 Å². The van der Waals surface area contributed by atoms with Crippen LogP contribution >= 0.6 is 0 Å². The molecule has 3 aromatic rings. The van der Waals surface area contributed by atoms with Gasteiger partial charge in [-0.1, -0.05) is 72.8 Å². The Morgan fingerprint density at radius 1 is 0.581 bits per heavy atom. The van der Waals surface area contributed by atoms with Crippen LogP contribution in [0.25, 0.3) is 0 Å². The molecular formula is C31H34N4O8. The third-order valence-corrected chi connectivity index (χ3v) is 6.55. The van der Waals surface area contributed by atoms with E-state index in [1.807, 2.05) is 0 Å². The Balaban J connectivity index is 1.76. The molecule has 0 heterocycles. The van der Waals surface area contributed by atoms with Crippen LogP contribution in [0.1, 0.15) is 23.1 Å². The number of carboxylic acid groups (broad SMARTS) is 2. The predicted molar refractivity (Wildman–Crippen MR) is 156 cm³/mol. The van der Waals surface area contributed by atoms with Crippen LogP contribution in [-0.2, 0) is 43.2 Å². The molecule has 0 radical (unpaired) electrons. The number of carboxylic acids is 2. The van der Waals surface area contributed by atoms with E-state index in [9.17, 15) is 39.3 Å². The first-order valence-electron chi connectivity index (χ1n) is 13.5. The molecule has 3 rings (SSSR count). The number of carbonyl (C=O) groups excluding carboxylic acids is 3. The normalized spacial score (nSPS) is 13.5. The number of nitrogens with two attached hydrogens (primary N) is 1. The van der Waals surface area contributed by atoms with Gasteiger partial charge in [0.05, 0.1) is 12.5 Å². The van der Waals surface area contributed by atoms with Crippen LogP contribution in [0, 0.1) is 0 Å². The molecule has 0 aliphatic carbocycles. The summed E-state index contributed by atoms with van der Waals surface area (Å²) in [7, 11) is 0. The fourth-order valence-electron chi connectivity index (χ4n) is 4.29. The van der Waals surface area contributed by atoms with Crippen molar-refractivity contribution in [3.8, 4) is 5.75 Å². The number of phenolic OH excluding ortho intramolecular Hbond substituents is 1. The van der Waals surface area contributed by atoms with E-state index < -0.39 is 60.2 Å². The summed E-state index contributed by atoms with van der Waals surface area (Å²) in [6.45, 7) is 0. The van der Waals surface area contributed by atoms with Crippen LogP contribution < -0.4 is 21.7 Å². The summed E-state index contributed by atoms with van der Waals surface area (Å²) < 4.78 is 0. The molecule has 3 amide bonds. The minimum Gasteiger partial charge on any atom is -0.508 e. The molecule has 4 atom stereocenters. The van der Waals surface area contributed by atoms with Crippen LogP contribution in [0.4, 0.5) is 0 Å². The monoisotopic (exact) mass is 590 g/mol. The number of phenols is 1. The maximum Gasteiger partial charge on any atom is 0.326 e. The van der Waals surface area contributed by atoms with Crippen molar-refractivity contribution in [3.05, 3.63) is 102 Å². The second-order valence-electron chi connectivity index (χ2n) is 9.98. The first-order chi connectivity index (χ1) is 20.5. The van der Waals surface area contributed by atoms with Crippen molar-refractivity contribution in [1.29, 1.82) is 0 Å². The molecule has 226 valence electrons. The zero-order chi connectivity index (χ0) is 31.4. The lowest BCUT2D eigenvalue weighted by atomic mass is 10.0. The molecule has 0 aromatic heterocycles. The summed E-state index contributed by atoms with van der Waals surface area (Å²) >= 11 is 0. The van der Waals surface area contributed by atoms with Crippen LogP contribution in [0.3, 0.4) is 0 Å². The number of nitrogens with one attached hydrogen (secondary N) is 3. The summed E-state index contributed by atoms with van der Waals surface area (Å²) in [6, 6.07) is 18.0. The third-order valence-electron chi connectivity index (χ3n) is 6.55. The first kappa shape index (κ1) is 32.3. The molecule has 0 saturated carbocycles. The minimum atomic E-state index is -1.64. The zero-order valence-electron chi connectivity index (χ0n) is 23.2. The van der Waals surface area contributed by atoms with E-state index in [1.54, 1.807) is 72.8 Å². The Hall–Kier alpha value is -5.23. The molecule has 0 aliphatic rings. The van der Waals surface area contributed by atoms with E-state index in [2.05, 4.69) is 16.0 Å². The zero-order valence-corrected chi connectivity index (χ0v) is 23.2. The van der Waals surface area contributed by atoms with E-state index >= 15 is 0 Å². The van der Waals surface area contributed by atoms with E-state index in [0.717, 1.165) is 0 Å². The molecule has 4 unspecified atom stereocenters. The molecular weight excluding hydrogens is 556 g/mol. The van der Waals surface area contributed by atoms with Crippen LogP contribution in [-0.4, -0.2) is 69.1 Å². The fourth-order valence-corrected chi connectivity index (χ4v) is 4.29. The highest BCUT2D eigenvalue weighted by atomic mass is 16.4. The van der Waals surface area contributed by atoms with Crippen molar-refractivity contribution < 1.29 is 39.3 Å². The highest BCUT2D eigenvalue weighted by molar-refractivity contribution is 5.95. The number of hydrogen-bond acceptors (Lipinski definition) is 7. The van der Waals surface area contributed by atoms with Crippen molar-refractivity contribution >= 4 is 29.7 Å². The number of aromatic hydroxyl groups is 1. The van der Waals surface area contributed by atoms with Gasteiger partial charge in [-0.2, -0.15) is 0 Å². The lowest BCUT2D eigenvalue weighted by molar-refractivity contribution is -0.143. The molecule has 8 N–H and O–H groups in total. The summed E-state index contributed by atoms with van der Waals surface area (Å²) in [6.07, 6.45) is -0.797. The van der Waals surface area contributed by atoms with E-state index in [1.165, 1.54) is 12.1 Å². The van der Waals surface area contributed by atoms with Crippen molar-refractivity contribution in [2.45, 2.75) is 49.9 Å². The Bertz CT molecular complexity index is 1400. The van der Waals surface area contributed by atoms with Gasteiger partial charge in [0, 0.05) is 12.8 Å². The molecule has 0 saturated heterocycles. The molecule has 0 fully saturated rings. The molecule has 0 aliphatic heterocycles. The summed E-state index contributed by atoms with van der Waals surface area (Å²) in [4.78, 5) is 63.0. The van der Waals surface area contributed by atoms with Gasteiger partial charge >= 0.3 is 11.9 Å². The van der Waals surface area contributed by atoms with E-state index in [-0.39, 0.29) is 25.0 Å². The van der Waals surface area contributed by atoms with Crippen LogP contribution in [0.5, 0.6) is 5.75 Å². The lowest BCUT2D eigenvalue weighted by Gasteiger charge is -2.25. The number of hydrogen-bond donors (Lipinski definition) is 7. The molecule has 3 aromatic carbocycles. The Morgan fingerprint density at radius 3 is 1.53 bits per heavy atom. The average Bonchev–Trinajstić information content (AvgIpc) is 2.98. The van der Waals surface area contributed by atoms with Gasteiger partial charge in [0.25, 0.3) is 0 Å². The quantitative estimate of drug-likeness (QED) is 0.133. The smallest absolute Gasteiger partial charge is 0.326 e. The van der Waals surface area contributed by atoms with E-state index in [4.69, 9.17) is 5.73 Å². The van der Waals surface area contributed by atoms with Gasteiger partial charge in [0.1, 0.15) is 23.9 Å². The van der Waals surface area contributed by atoms with Gasteiger partial charge < -0.3 is 37.0 Å². The largest absolute Gasteiger partial charge is 0.508 e. The van der Waals surface area contributed by atoms with Gasteiger partial charge in [0.2, 0.25) is 17.7 Å². The molecule has 12 heteroatoms. The number of aliphatic carboxylic acids is 2. The molecule has 43 heavy (non-hydrogen) atoms. The SMILES string of the molecule is NC(Cc1ccc(O)cc1)C(=O)NC(Cc1ccccc1)C(=O)NC(CC(=O)O)C(=O)NC(Cc1ccccc1)C(=O)O. The van der Waals surface area contributed by atoms with Gasteiger partial charge in [-0.25, -0.2) is 4.79 Å². The highest BCUT2D eigenvalue weighted by Gasteiger charge is 2.32. The maximum atomic E-state index is 13.4. The molecule has 0 bridgehead atoms. The van der Waals surface area contributed by atoms with Crippen LogP contribution in [0.2, 0.25) is 0 Å². The van der Waals surface area contributed by atoms with E-state index in [0.29, 0.717) is 16.7 Å².